The smallest absolute Gasteiger partial charge is 0.243 e. The van der Waals surface area contributed by atoms with Crippen molar-refractivity contribution in [2.45, 2.75) is 66.5 Å². The zero-order valence-corrected chi connectivity index (χ0v) is 19.7. The van der Waals surface area contributed by atoms with Crippen molar-refractivity contribution in [3.8, 4) is 0 Å². The monoisotopic (exact) mass is 418 g/mol. The predicted molar refractivity (Wildman–Crippen MR) is 117 cm³/mol. The SMILES string of the molecule is CCn1cc(CN2CCN(S(=O)(=O)c3c(C)c(C)c(C)c(C)c3C)CC2)c(C)n1. The first kappa shape index (κ1) is 22.0. The molecule has 7 heteroatoms. The van der Waals surface area contributed by atoms with Gasteiger partial charge in [-0.2, -0.15) is 9.40 Å². The number of hydrogen-bond donors (Lipinski definition) is 0. The van der Waals surface area contributed by atoms with E-state index in [1.54, 1.807) is 4.31 Å². The maximum Gasteiger partial charge on any atom is 0.243 e. The normalized spacial score (nSPS) is 16.5. The Kier molecular flexibility index (Phi) is 6.22. The minimum atomic E-state index is -3.50. The summed E-state index contributed by atoms with van der Waals surface area (Å²) in [6.45, 7) is 18.3. The lowest BCUT2D eigenvalue weighted by Crippen LogP contribution is -2.48. The quantitative estimate of drug-likeness (QED) is 0.748. The van der Waals surface area contributed by atoms with Crippen LogP contribution in [0.25, 0.3) is 0 Å². The summed E-state index contributed by atoms with van der Waals surface area (Å²) in [4.78, 5) is 2.83. The minimum Gasteiger partial charge on any atom is -0.296 e. The van der Waals surface area contributed by atoms with Gasteiger partial charge in [0.05, 0.1) is 10.6 Å². The van der Waals surface area contributed by atoms with E-state index in [-0.39, 0.29) is 0 Å². The molecule has 0 atom stereocenters. The van der Waals surface area contributed by atoms with Crippen molar-refractivity contribution in [3.63, 3.8) is 0 Å². The van der Waals surface area contributed by atoms with Gasteiger partial charge in [0.25, 0.3) is 0 Å². The number of aromatic nitrogens is 2. The van der Waals surface area contributed by atoms with Gasteiger partial charge in [-0.25, -0.2) is 8.42 Å². The number of benzene rings is 1. The van der Waals surface area contributed by atoms with E-state index in [2.05, 4.69) is 30.0 Å². The van der Waals surface area contributed by atoms with Crippen molar-refractivity contribution in [1.82, 2.24) is 19.0 Å². The van der Waals surface area contributed by atoms with Crippen LogP contribution in [-0.2, 0) is 23.1 Å². The van der Waals surface area contributed by atoms with Crippen LogP contribution in [0.2, 0.25) is 0 Å². The molecule has 0 bridgehead atoms. The topological polar surface area (TPSA) is 58.4 Å². The highest BCUT2D eigenvalue weighted by molar-refractivity contribution is 7.89. The molecule has 1 aliphatic heterocycles. The van der Waals surface area contributed by atoms with Gasteiger partial charge in [0.15, 0.2) is 0 Å². The zero-order chi connectivity index (χ0) is 21.5. The van der Waals surface area contributed by atoms with E-state index in [0.29, 0.717) is 18.0 Å². The number of sulfonamides is 1. The van der Waals surface area contributed by atoms with E-state index in [1.807, 2.05) is 39.3 Å². The molecular formula is C22H34N4O2S. The molecule has 3 rings (SSSR count). The number of hydrogen-bond acceptors (Lipinski definition) is 4. The van der Waals surface area contributed by atoms with E-state index in [9.17, 15) is 8.42 Å². The van der Waals surface area contributed by atoms with Crippen molar-refractivity contribution in [3.05, 3.63) is 45.3 Å². The molecule has 29 heavy (non-hydrogen) atoms. The molecule has 0 radical (unpaired) electrons. The summed E-state index contributed by atoms with van der Waals surface area (Å²) < 4.78 is 30.6. The molecule has 6 nitrogen and oxygen atoms in total. The van der Waals surface area contributed by atoms with Crippen LogP contribution in [0, 0.1) is 41.5 Å². The van der Waals surface area contributed by atoms with Crippen molar-refractivity contribution >= 4 is 10.0 Å². The Morgan fingerprint density at radius 1 is 0.862 bits per heavy atom. The molecule has 0 amide bonds. The van der Waals surface area contributed by atoms with Gasteiger partial charge >= 0.3 is 0 Å². The lowest BCUT2D eigenvalue weighted by molar-refractivity contribution is 0.181. The van der Waals surface area contributed by atoms with Crippen molar-refractivity contribution < 1.29 is 8.42 Å². The standard InChI is InChI=1S/C22H34N4O2S/c1-8-25-14-21(20(7)23-25)13-24-9-11-26(12-10-24)29(27,28)22-18(5)16(3)15(2)17(4)19(22)6/h14H,8-13H2,1-7H3. The molecule has 1 aromatic heterocycles. The molecule has 0 unspecified atom stereocenters. The maximum absolute atomic E-state index is 13.5. The molecule has 1 aromatic carbocycles. The highest BCUT2D eigenvalue weighted by atomic mass is 32.2. The molecule has 2 heterocycles. The lowest BCUT2D eigenvalue weighted by Gasteiger charge is -2.34. The van der Waals surface area contributed by atoms with E-state index >= 15 is 0 Å². The second kappa shape index (κ2) is 8.20. The van der Waals surface area contributed by atoms with Gasteiger partial charge in [-0.1, -0.05) is 0 Å². The van der Waals surface area contributed by atoms with Crippen LogP contribution < -0.4 is 0 Å². The van der Waals surface area contributed by atoms with Gasteiger partial charge in [-0.05, 0) is 76.3 Å². The molecule has 1 aliphatic rings. The molecule has 2 aromatic rings. The Bertz CT molecular complexity index is 987. The Morgan fingerprint density at radius 3 is 1.86 bits per heavy atom. The third-order valence-corrected chi connectivity index (χ3v) is 8.80. The fourth-order valence-electron chi connectivity index (χ4n) is 4.23. The molecular weight excluding hydrogens is 384 g/mol. The average Bonchev–Trinajstić information content (AvgIpc) is 3.05. The molecule has 1 fully saturated rings. The predicted octanol–water partition coefficient (Wildman–Crippen LogP) is 3.26. The zero-order valence-electron chi connectivity index (χ0n) is 18.8. The molecule has 1 saturated heterocycles. The van der Waals surface area contributed by atoms with Crippen molar-refractivity contribution in [1.29, 1.82) is 0 Å². The van der Waals surface area contributed by atoms with Gasteiger partial charge in [0.1, 0.15) is 0 Å². The first-order chi connectivity index (χ1) is 13.6. The first-order valence-corrected chi connectivity index (χ1v) is 11.8. The van der Waals surface area contributed by atoms with E-state index in [1.165, 1.54) is 11.1 Å². The van der Waals surface area contributed by atoms with Crippen molar-refractivity contribution in [2.75, 3.05) is 26.2 Å². The molecule has 160 valence electrons. The fraction of sp³-hybridized carbons (Fsp3) is 0.591. The van der Waals surface area contributed by atoms with Crippen LogP contribution in [0.3, 0.4) is 0 Å². The highest BCUT2D eigenvalue weighted by Crippen LogP contribution is 2.32. The Hall–Kier alpha value is -1.70. The summed E-state index contributed by atoms with van der Waals surface area (Å²) in [5, 5.41) is 4.52. The Morgan fingerprint density at radius 2 is 1.38 bits per heavy atom. The number of nitrogens with zero attached hydrogens (tertiary/aromatic N) is 4. The fourth-order valence-corrected chi connectivity index (χ4v) is 6.21. The maximum atomic E-state index is 13.5. The van der Waals surface area contributed by atoms with Gasteiger partial charge in [-0.15, -0.1) is 0 Å². The van der Waals surface area contributed by atoms with Crippen LogP contribution in [0.15, 0.2) is 11.1 Å². The summed E-state index contributed by atoms with van der Waals surface area (Å²) in [7, 11) is -3.50. The van der Waals surface area contributed by atoms with E-state index in [0.717, 1.165) is 54.1 Å². The summed E-state index contributed by atoms with van der Waals surface area (Å²) in [5.74, 6) is 0. The van der Waals surface area contributed by atoms with Gasteiger partial charge in [-0.3, -0.25) is 9.58 Å². The lowest BCUT2D eigenvalue weighted by atomic mass is 9.95. The number of aryl methyl sites for hydroxylation is 2. The van der Waals surface area contributed by atoms with Crippen LogP contribution in [0.4, 0.5) is 0 Å². The Labute approximate surface area is 175 Å². The average molecular weight is 419 g/mol. The van der Waals surface area contributed by atoms with Crippen LogP contribution in [-0.4, -0.2) is 53.6 Å². The Balaban J connectivity index is 1.78. The van der Waals surface area contributed by atoms with Crippen LogP contribution in [0.1, 0.15) is 46.0 Å². The highest BCUT2D eigenvalue weighted by Gasteiger charge is 2.32. The molecule has 0 saturated carbocycles. The second-order valence-electron chi connectivity index (χ2n) is 8.23. The van der Waals surface area contributed by atoms with Crippen LogP contribution >= 0.6 is 0 Å². The third-order valence-electron chi connectivity index (χ3n) is 6.63. The van der Waals surface area contributed by atoms with E-state index < -0.39 is 10.0 Å². The number of piperazine rings is 1. The summed E-state index contributed by atoms with van der Waals surface area (Å²) >= 11 is 0. The molecule has 0 N–H and O–H groups in total. The van der Waals surface area contributed by atoms with Gasteiger partial charge in [0, 0.05) is 51.0 Å². The van der Waals surface area contributed by atoms with Crippen LogP contribution in [0.5, 0.6) is 0 Å². The summed E-state index contributed by atoms with van der Waals surface area (Å²) in [6, 6.07) is 0. The minimum absolute atomic E-state index is 0.506. The summed E-state index contributed by atoms with van der Waals surface area (Å²) in [6.07, 6.45) is 2.10. The number of rotatable bonds is 5. The first-order valence-electron chi connectivity index (χ1n) is 10.4. The third kappa shape index (κ3) is 4.00. The van der Waals surface area contributed by atoms with Gasteiger partial charge < -0.3 is 0 Å². The second-order valence-corrected chi connectivity index (χ2v) is 10.1. The molecule has 0 spiro atoms. The summed E-state index contributed by atoms with van der Waals surface area (Å²) in [5.41, 5.74) is 7.39. The van der Waals surface area contributed by atoms with E-state index in [4.69, 9.17) is 0 Å². The van der Waals surface area contributed by atoms with Gasteiger partial charge in [0.2, 0.25) is 10.0 Å². The largest absolute Gasteiger partial charge is 0.296 e. The molecule has 0 aliphatic carbocycles. The van der Waals surface area contributed by atoms with Crippen molar-refractivity contribution in [2.24, 2.45) is 0 Å².